The van der Waals surface area contributed by atoms with Gasteiger partial charge in [-0.15, -0.1) is 0 Å². The van der Waals surface area contributed by atoms with Gasteiger partial charge in [0.2, 0.25) is 11.8 Å². The van der Waals surface area contributed by atoms with Gasteiger partial charge in [0.25, 0.3) is 0 Å². The zero-order valence-corrected chi connectivity index (χ0v) is 30.6. The van der Waals surface area contributed by atoms with E-state index in [1.165, 1.54) is 18.8 Å². The highest BCUT2D eigenvalue weighted by atomic mass is 32.2. The zero-order chi connectivity index (χ0) is 36.0. The van der Waals surface area contributed by atoms with Crippen molar-refractivity contribution in [2.45, 2.75) is 101 Å². The molecule has 4 N–H and O–H groups in total. The van der Waals surface area contributed by atoms with E-state index in [1.54, 1.807) is 6.07 Å². The third-order valence-corrected chi connectivity index (χ3v) is 11.6. The molecule has 1 aliphatic heterocycles. The molecule has 1 unspecified atom stereocenters. The summed E-state index contributed by atoms with van der Waals surface area (Å²) in [7, 11) is 0. The number of morpholine rings is 1. The number of nitrogens with one attached hydrogen (secondary N) is 2. The van der Waals surface area contributed by atoms with Crippen LogP contribution in [0.2, 0.25) is 0 Å². The van der Waals surface area contributed by atoms with Crippen LogP contribution in [0.3, 0.4) is 0 Å². The van der Waals surface area contributed by atoms with Gasteiger partial charge in [-0.05, 0) is 47.6 Å². The van der Waals surface area contributed by atoms with Crippen molar-refractivity contribution in [1.82, 2.24) is 25.5 Å². The lowest BCUT2D eigenvalue weighted by Crippen LogP contribution is -2.57. The maximum Gasteiger partial charge on any atom is 0.342 e. The molecule has 2 amide bonds. The third kappa shape index (κ3) is 11.7. The second kappa shape index (κ2) is 20.2. The molecule has 278 valence electrons. The second-order valence-electron chi connectivity index (χ2n) is 14.1. The molecule has 2 heterocycles. The van der Waals surface area contributed by atoms with E-state index in [2.05, 4.69) is 25.5 Å². The number of carbonyl (C=O) groups excluding carboxylic acids is 2. The average molecular weight is 722 g/mol. The van der Waals surface area contributed by atoms with Gasteiger partial charge in [0, 0.05) is 43.2 Å². The molecule has 6 atom stereocenters. The van der Waals surface area contributed by atoms with Gasteiger partial charge in [0.05, 0.1) is 31.3 Å². The van der Waals surface area contributed by atoms with Crippen LogP contribution in [0.25, 0.3) is 10.8 Å². The molecular weight excluding hydrogens is 667 g/mol. The van der Waals surface area contributed by atoms with E-state index in [9.17, 15) is 24.4 Å². The molecule has 2 aromatic carbocycles. The van der Waals surface area contributed by atoms with Crippen molar-refractivity contribution in [3.8, 4) is 0 Å². The Kier molecular flexibility index (Phi) is 15.5. The molecule has 5 rings (SSSR count). The number of aliphatic hydroxyl groups is 2. The van der Waals surface area contributed by atoms with Crippen LogP contribution in [-0.2, 0) is 31.9 Å². The van der Waals surface area contributed by atoms with Crippen molar-refractivity contribution in [2.24, 2.45) is 11.8 Å². The van der Waals surface area contributed by atoms with Gasteiger partial charge in [-0.2, -0.15) is 9.97 Å². The van der Waals surface area contributed by atoms with Crippen LogP contribution in [0.5, 0.6) is 0 Å². The first-order valence-corrected chi connectivity index (χ1v) is 20.0. The van der Waals surface area contributed by atoms with Crippen LogP contribution >= 0.6 is 0 Å². The fourth-order valence-electron chi connectivity index (χ4n) is 7.36. The molecule has 1 saturated heterocycles. The Bertz CT molecular complexity index is 1500. The van der Waals surface area contributed by atoms with Crippen molar-refractivity contribution in [3.63, 3.8) is 0 Å². The van der Waals surface area contributed by atoms with E-state index in [-0.39, 0.29) is 29.3 Å². The number of fused-ring (bicyclic) bond motifs is 1. The minimum atomic E-state index is -1.66. The van der Waals surface area contributed by atoms with Gasteiger partial charge >= 0.3 is 5.16 Å². The largest absolute Gasteiger partial charge is 0.609 e. The fraction of sp³-hybridized carbons (Fsp3) is 0.590. The third-order valence-electron chi connectivity index (χ3n) is 10.3. The molecule has 1 saturated carbocycles. The Hall–Kier alpha value is -3.13. The molecule has 0 bridgehead atoms. The van der Waals surface area contributed by atoms with Crippen LogP contribution in [0.15, 0.2) is 66.1 Å². The first-order chi connectivity index (χ1) is 24.8. The SMILES string of the molecule is CCCC[C@H](NC(=O)[C@H](Cc1cccc2ccccc12)C[S+]([O-])c1ncccn1)C(=O)N[C@@H](CC1CCCCC1)[C@@H](O)[C@@H](O)CN1CCOCC1. The number of amides is 2. The summed E-state index contributed by atoms with van der Waals surface area (Å²) >= 11 is -1.66. The number of ether oxygens (including phenoxy) is 1. The van der Waals surface area contributed by atoms with Crippen molar-refractivity contribution in [1.29, 1.82) is 0 Å². The molecule has 3 aromatic rings. The number of aromatic nitrogens is 2. The highest BCUT2D eigenvalue weighted by molar-refractivity contribution is 7.91. The van der Waals surface area contributed by atoms with Gasteiger partial charge < -0.3 is 30.1 Å². The van der Waals surface area contributed by atoms with Gasteiger partial charge in [-0.1, -0.05) is 94.3 Å². The van der Waals surface area contributed by atoms with Crippen LogP contribution in [0, 0.1) is 11.8 Å². The Morgan fingerprint density at radius 3 is 2.45 bits per heavy atom. The van der Waals surface area contributed by atoms with Crippen molar-refractivity contribution < 1.29 is 29.1 Å². The van der Waals surface area contributed by atoms with Crippen LogP contribution in [-0.4, -0.2) is 104 Å². The van der Waals surface area contributed by atoms with E-state index in [1.807, 2.05) is 49.4 Å². The minimum Gasteiger partial charge on any atom is -0.609 e. The Balaban J connectivity index is 1.34. The molecule has 0 spiro atoms. The maximum atomic E-state index is 14.2. The predicted octanol–water partition coefficient (Wildman–Crippen LogP) is 3.78. The monoisotopic (exact) mass is 721 g/mol. The summed E-state index contributed by atoms with van der Waals surface area (Å²) in [4.78, 5) is 38.8. The molecule has 1 aromatic heterocycles. The van der Waals surface area contributed by atoms with Gasteiger partial charge in [-0.25, -0.2) is 0 Å². The lowest BCUT2D eigenvalue weighted by molar-refractivity contribution is -0.132. The predicted molar refractivity (Wildman–Crippen MR) is 198 cm³/mol. The topological polar surface area (TPSA) is 160 Å². The zero-order valence-electron chi connectivity index (χ0n) is 29.8. The lowest BCUT2D eigenvalue weighted by Gasteiger charge is -2.35. The number of benzene rings is 2. The number of unbranched alkanes of at least 4 members (excludes halogenated alkanes) is 1. The Labute approximate surface area is 305 Å². The number of hydrogen-bond acceptors (Lipinski definition) is 9. The first kappa shape index (κ1) is 39.1. The second-order valence-corrected chi connectivity index (χ2v) is 15.5. The average Bonchev–Trinajstić information content (AvgIpc) is 3.16. The normalized spacial score (nSPS) is 19.5. The van der Waals surface area contributed by atoms with Crippen LogP contribution in [0.1, 0.15) is 70.3 Å². The van der Waals surface area contributed by atoms with E-state index in [4.69, 9.17) is 4.74 Å². The van der Waals surface area contributed by atoms with Crippen molar-refractivity contribution >= 4 is 33.8 Å². The summed E-state index contributed by atoms with van der Waals surface area (Å²) in [6.45, 7) is 4.83. The number of hydrogen-bond donors (Lipinski definition) is 4. The molecule has 11 nitrogen and oxygen atoms in total. The van der Waals surface area contributed by atoms with Crippen LogP contribution in [0.4, 0.5) is 0 Å². The molecule has 0 radical (unpaired) electrons. The highest BCUT2D eigenvalue weighted by Crippen LogP contribution is 2.29. The van der Waals surface area contributed by atoms with Gasteiger partial charge in [0.1, 0.15) is 17.9 Å². The maximum absolute atomic E-state index is 14.2. The van der Waals surface area contributed by atoms with E-state index in [0.29, 0.717) is 57.9 Å². The summed E-state index contributed by atoms with van der Waals surface area (Å²) in [5.41, 5.74) is 0.943. The molecule has 12 heteroatoms. The fourth-order valence-corrected chi connectivity index (χ4v) is 8.50. The summed E-state index contributed by atoms with van der Waals surface area (Å²) in [5, 5.41) is 31.0. The summed E-state index contributed by atoms with van der Waals surface area (Å²) in [6, 6.07) is 14.0. The number of aliphatic hydroxyl groups excluding tert-OH is 2. The first-order valence-electron chi connectivity index (χ1n) is 18.7. The summed E-state index contributed by atoms with van der Waals surface area (Å²) in [5.74, 6) is -1.18. The number of rotatable bonds is 18. The van der Waals surface area contributed by atoms with E-state index >= 15 is 0 Å². The van der Waals surface area contributed by atoms with Gasteiger partial charge in [0.15, 0.2) is 0 Å². The summed E-state index contributed by atoms with van der Waals surface area (Å²) in [6.07, 6.45) is 9.07. The van der Waals surface area contributed by atoms with Crippen molar-refractivity contribution in [3.05, 3.63) is 66.5 Å². The molecule has 51 heavy (non-hydrogen) atoms. The quantitative estimate of drug-likeness (QED) is 0.113. The molecule has 2 fully saturated rings. The summed E-state index contributed by atoms with van der Waals surface area (Å²) < 4.78 is 18.9. The number of nitrogens with zero attached hydrogens (tertiary/aromatic N) is 3. The van der Waals surface area contributed by atoms with Crippen LogP contribution < -0.4 is 10.6 Å². The minimum absolute atomic E-state index is 0.0159. The van der Waals surface area contributed by atoms with Gasteiger partial charge in [-0.3, -0.25) is 14.5 Å². The molecule has 1 aliphatic carbocycles. The molecule has 2 aliphatic rings. The van der Waals surface area contributed by atoms with Crippen molar-refractivity contribution in [2.75, 3.05) is 38.6 Å². The standard InChI is InChI=1S/C39H55N5O6S/c1-2-3-17-33(38(48)43-34(24-28-11-5-4-6-12-28)36(46)35(45)26-44-20-22-50-23-21-44)42-37(47)31(27-51(49)39-40-18-10-19-41-39)25-30-15-9-14-29-13-7-8-16-32(29)30/h7-10,13-16,18-19,28,31,33-36,45-46H,2-6,11-12,17,20-27H2,1H3,(H,42,47)(H,43,48)/t31-,33+,34+,35+,36-,51?/m1/s1. The molecular formula is C39H55N5O6S. The van der Waals surface area contributed by atoms with E-state index in [0.717, 1.165) is 48.4 Å². The number of carbonyl (C=O) groups is 2. The Morgan fingerprint density at radius 1 is 0.980 bits per heavy atom. The lowest BCUT2D eigenvalue weighted by atomic mass is 9.83. The van der Waals surface area contributed by atoms with E-state index < -0.39 is 41.4 Å². The Morgan fingerprint density at radius 2 is 1.71 bits per heavy atom. The number of β-amino-alcohol motifs (C(OH)–C–C–N with tert-alkyl or cyclic N) is 1. The smallest absolute Gasteiger partial charge is 0.342 e. The highest BCUT2D eigenvalue weighted by Gasteiger charge is 2.35.